The van der Waals surface area contributed by atoms with E-state index in [0.717, 1.165) is 12.8 Å². The van der Waals surface area contributed by atoms with Crippen molar-refractivity contribution in [2.24, 2.45) is 12.0 Å². The fourth-order valence-electron chi connectivity index (χ4n) is 5.65. The highest BCUT2D eigenvalue weighted by Gasteiger charge is 2.32. The minimum Gasteiger partial charge on any atom is -0.493 e. The Morgan fingerprint density at radius 2 is 1.96 bits per heavy atom. The summed E-state index contributed by atoms with van der Waals surface area (Å²) < 4.78 is 18.5. The number of benzene rings is 2. The van der Waals surface area contributed by atoms with Crippen LogP contribution in [0.15, 0.2) is 52.0 Å². The van der Waals surface area contributed by atoms with Crippen molar-refractivity contribution in [1.29, 1.82) is 0 Å². The third kappa shape index (κ3) is 7.00. The molecule has 1 atom stereocenters. The van der Waals surface area contributed by atoms with Crippen LogP contribution in [0.25, 0.3) is 11.0 Å². The van der Waals surface area contributed by atoms with Crippen LogP contribution < -0.4 is 25.4 Å². The van der Waals surface area contributed by atoms with Crippen LogP contribution in [0.4, 0.5) is 17.2 Å². The molecule has 0 spiro atoms. The van der Waals surface area contributed by atoms with Crippen LogP contribution in [0.1, 0.15) is 57.2 Å². The number of fused-ring (bicyclic) bond motifs is 3. The molecule has 48 heavy (non-hydrogen) atoms. The zero-order chi connectivity index (χ0) is 33.8. The molecule has 14 nitrogen and oxygen atoms in total. The van der Waals surface area contributed by atoms with Crippen LogP contribution in [0.2, 0.25) is 0 Å². The first kappa shape index (κ1) is 32.6. The van der Waals surface area contributed by atoms with E-state index < -0.39 is 5.91 Å². The Kier molecular flexibility index (Phi) is 9.66. The minimum absolute atomic E-state index is 0.000126. The van der Waals surface area contributed by atoms with Gasteiger partial charge in [0.2, 0.25) is 11.7 Å². The van der Waals surface area contributed by atoms with Gasteiger partial charge in [-0.2, -0.15) is 12.6 Å². The molecule has 0 unspecified atom stereocenters. The van der Waals surface area contributed by atoms with Gasteiger partial charge in [0.25, 0.3) is 17.7 Å². The van der Waals surface area contributed by atoms with E-state index in [9.17, 15) is 19.2 Å². The van der Waals surface area contributed by atoms with Gasteiger partial charge in [-0.15, -0.1) is 0 Å². The van der Waals surface area contributed by atoms with Gasteiger partial charge in [0.1, 0.15) is 5.58 Å². The second-order valence-corrected chi connectivity index (χ2v) is 11.8. The zero-order valence-electron chi connectivity index (χ0n) is 26.4. The van der Waals surface area contributed by atoms with Gasteiger partial charge in [0.15, 0.2) is 23.1 Å². The van der Waals surface area contributed by atoms with E-state index >= 15 is 0 Å². The fourth-order valence-corrected chi connectivity index (χ4v) is 5.77. The number of furan rings is 1. The van der Waals surface area contributed by atoms with Crippen molar-refractivity contribution in [3.8, 4) is 11.5 Å². The third-order valence-electron chi connectivity index (χ3n) is 8.01. The number of rotatable bonds is 12. The Morgan fingerprint density at radius 3 is 2.77 bits per heavy atom. The Morgan fingerprint density at radius 1 is 1.10 bits per heavy atom. The number of ether oxygens (including phenoxy) is 2. The monoisotopic (exact) mass is 673 g/mol. The van der Waals surface area contributed by atoms with Crippen molar-refractivity contribution in [1.82, 2.24) is 19.8 Å². The molecule has 2 aliphatic heterocycles. The summed E-state index contributed by atoms with van der Waals surface area (Å²) in [6.07, 6.45) is 5.73. The number of amides is 4. The SMILES string of the molecule is COc1cc2c(cc1OCCCC(=O)Nc1cn(C)c(C(=O)Nc3ccc4oc(C(=O)NCCS)cc4c3)n1)N=C[C@@H]1CCCN1C2=O. The average Bonchev–Trinajstić information content (AvgIpc) is 3.80. The van der Waals surface area contributed by atoms with Crippen LogP contribution >= 0.6 is 12.6 Å². The molecule has 0 saturated carbocycles. The number of hydrogen-bond donors (Lipinski definition) is 4. The first-order valence-electron chi connectivity index (χ1n) is 15.5. The van der Waals surface area contributed by atoms with Gasteiger partial charge in [-0.25, -0.2) is 4.98 Å². The summed E-state index contributed by atoms with van der Waals surface area (Å²) in [4.78, 5) is 61.6. The lowest BCUT2D eigenvalue weighted by Crippen LogP contribution is -2.35. The summed E-state index contributed by atoms with van der Waals surface area (Å²) in [5.74, 6) is 0.632. The normalized spacial score (nSPS) is 15.1. The van der Waals surface area contributed by atoms with E-state index in [2.05, 4.69) is 38.6 Å². The summed E-state index contributed by atoms with van der Waals surface area (Å²) in [5, 5.41) is 8.85. The van der Waals surface area contributed by atoms with Crippen molar-refractivity contribution >= 4 is 70.6 Å². The van der Waals surface area contributed by atoms with E-state index in [-0.39, 0.29) is 54.2 Å². The summed E-state index contributed by atoms with van der Waals surface area (Å²) >= 11 is 4.08. The zero-order valence-corrected chi connectivity index (χ0v) is 27.3. The van der Waals surface area contributed by atoms with Gasteiger partial charge in [-0.05, 0) is 49.6 Å². The van der Waals surface area contributed by atoms with Crippen LogP contribution in [-0.4, -0.2) is 82.9 Å². The summed E-state index contributed by atoms with van der Waals surface area (Å²) in [5.41, 5.74) is 1.98. The predicted molar refractivity (Wildman–Crippen MR) is 182 cm³/mol. The maximum atomic E-state index is 13.1. The Bertz CT molecular complexity index is 1920. The summed E-state index contributed by atoms with van der Waals surface area (Å²) in [6.45, 7) is 1.33. The molecule has 4 amide bonds. The molecule has 250 valence electrons. The number of nitrogens with one attached hydrogen (secondary N) is 3. The molecule has 2 aromatic carbocycles. The number of carbonyl (C=O) groups excluding carboxylic acids is 4. The van der Waals surface area contributed by atoms with Gasteiger partial charge >= 0.3 is 0 Å². The highest BCUT2D eigenvalue weighted by molar-refractivity contribution is 7.80. The first-order chi connectivity index (χ1) is 23.2. The number of aryl methyl sites for hydroxylation is 1. The van der Waals surface area contributed by atoms with Gasteiger partial charge in [0.05, 0.1) is 31.0 Å². The molecule has 4 heterocycles. The number of nitrogens with zero attached hydrogens (tertiary/aromatic N) is 4. The molecule has 2 aliphatic rings. The quantitative estimate of drug-likeness (QED) is 0.128. The highest BCUT2D eigenvalue weighted by Crippen LogP contribution is 2.38. The number of aromatic nitrogens is 2. The largest absolute Gasteiger partial charge is 0.493 e. The van der Waals surface area contributed by atoms with Crippen molar-refractivity contribution in [2.45, 2.75) is 31.7 Å². The number of aliphatic imine (C=N–C) groups is 1. The van der Waals surface area contributed by atoms with Crippen molar-refractivity contribution in [2.75, 3.05) is 43.2 Å². The number of anilines is 2. The molecule has 0 aliphatic carbocycles. The molecule has 15 heteroatoms. The van der Waals surface area contributed by atoms with Crippen LogP contribution in [0.3, 0.4) is 0 Å². The predicted octanol–water partition coefficient (Wildman–Crippen LogP) is 4.21. The summed E-state index contributed by atoms with van der Waals surface area (Å²) in [6, 6.07) is 9.96. The van der Waals surface area contributed by atoms with E-state index in [1.54, 1.807) is 49.6 Å². The smallest absolute Gasteiger partial charge is 0.291 e. The van der Waals surface area contributed by atoms with E-state index in [4.69, 9.17) is 13.9 Å². The molecule has 1 fully saturated rings. The maximum Gasteiger partial charge on any atom is 0.291 e. The van der Waals surface area contributed by atoms with Gasteiger partial charge in [-0.3, -0.25) is 24.2 Å². The highest BCUT2D eigenvalue weighted by atomic mass is 32.1. The number of imidazole rings is 1. The number of thiol groups is 1. The minimum atomic E-state index is -0.484. The van der Waals surface area contributed by atoms with Gasteiger partial charge in [0, 0.05) is 61.9 Å². The number of hydrogen-bond acceptors (Lipinski definition) is 10. The average molecular weight is 674 g/mol. The Hall–Kier alpha value is -5.31. The topological polar surface area (TPSA) is 169 Å². The molecule has 6 rings (SSSR count). The Labute approximate surface area is 281 Å². The lowest BCUT2D eigenvalue weighted by molar-refractivity contribution is -0.116. The standard InChI is InChI=1S/C33H35N7O7S/c1-39-18-28(38-30(39)32(43)36-20-7-8-24-19(13-20)14-27(47-24)31(42)34-9-12-48)37-29(41)6-4-11-46-26-16-23-22(15-25(26)45-2)33(44)40-10-3-5-21(40)17-35-23/h7-8,13-18,21,48H,3-6,9-12H2,1-2H3,(H,34,42)(H,36,43)(H,37,41)/t21-/m0/s1. The van der Waals surface area contributed by atoms with E-state index in [0.29, 0.717) is 64.7 Å². The third-order valence-corrected chi connectivity index (χ3v) is 8.23. The van der Waals surface area contributed by atoms with Crippen LogP contribution in [-0.2, 0) is 11.8 Å². The molecular formula is C33H35N7O7S. The molecule has 0 bridgehead atoms. The van der Waals surface area contributed by atoms with Crippen molar-refractivity contribution < 1.29 is 33.1 Å². The Balaban J connectivity index is 1.01. The fraction of sp³-hybridized carbons (Fsp3) is 0.333. The lowest BCUT2D eigenvalue weighted by Gasteiger charge is -2.20. The van der Waals surface area contributed by atoms with E-state index in [1.807, 2.05) is 11.1 Å². The van der Waals surface area contributed by atoms with Gasteiger partial charge < -0.3 is 39.3 Å². The lowest BCUT2D eigenvalue weighted by atomic mass is 10.1. The van der Waals surface area contributed by atoms with E-state index in [1.165, 1.54) is 11.7 Å². The van der Waals surface area contributed by atoms with Crippen molar-refractivity contribution in [3.63, 3.8) is 0 Å². The molecule has 1 saturated heterocycles. The first-order valence-corrected chi connectivity index (χ1v) is 16.1. The second-order valence-electron chi connectivity index (χ2n) is 11.4. The molecular weight excluding hydrogens is 638 g/mol. The molecule has 3 N–H and O–H groups in total. The van der Waals surface area contributed by atoms with Gasteiger partial charge in [-0.1, -0.05) is 0 Å². The second kappa shape index (κ2) is 14.2. The maximum absolute atomic E-state index is 13.1. The molecule has 4 aromatic rings. The van der Waals surface area contributed by atoms with Crippen LogP contribution in [0.5, 0.6) is 11.5 Å². The molecule has 0 radical (unpaired) electrons. The molecule has 2 aromatic heterocycles. The number of methoxy groups -OCH3 is 1. The van der Waals surface area contributed by atoms with Crippen LogP contribution in [0, 0.1) is 0 Å². The van der Waals surface area contributed by atoms with Crippen molar-refractivity contribution in [3.05, 3.63) is 59.7 Å². The summed E-state index contributed by atoms with van der Waals surface area (Å²) in [7, 11) is 3.16. The number of carbonyl (C=O) groups is 4.